The molecule has 1 nitrogen and oxygen atoms in total. The smallest absolute Gasteiger partial charge is 0.0695 e. The van der Waals surface area contributed by atoms with Crippen molar-refractivity contribution in [3.05, 3.63) is 33.3 Å². The minimum atomic E-state index is 0.105. The second kappa shape index (κ2) is 3.37. The molecule has 2 heteroatoms. The van der Waals surface area contributed by atoms with Crippen molar-refractivity contribution in [2.24, 2.45) is 0 Å². The van der Waals surface area contributed by atoms with E-state index in [-0.39, 0.29) is 6.61 Å². The molecule has 0 amide bonds. The van der Waals surface area contributed by atoms with Crippen molar-refractivity contribution in [2.75, 3.05) is 0 Å². The zero-order valence-corrected chi connectivity index (χ0v) is 8.27. The normalized spacial score (nSPS) is 10.2. The first-order valence-electron chi connectivity index (χ1n) is 3.52. The van der Waals surface area contributed by atoms with Crippen molar-refractivity contribution in [1.82, 2.24) is 0 Å². The van der Waals surface area contributed by atoms with Gasteiger partial charge < -0.3 is 5.11 Å². The number of halogens is 1. The molecule has 1 aromatic carbocycles. The van der Waals surface area contributed by atoms with Crippen molar-refractivity contribution < 1.29 is 5.11 Å². The maximum Gasteiger partial charge on any atom is 0.0695 e. The quantitative estimate of drug-likeness (QED) is 0.763. The summed E-state index contributed by atoms with van der Waals surface area (Å²) >= 11 is 3.38. The van der Waals surface area contributed by atoms with Gasteiger partial charge in [-0.3, -0.25) is 0 Å². The largest absolute Gasteiger partial charge is 0.392 e. The molecule has 1 N–H and O–H groups in total. The summed E-state index contributed by atoms with van der Waals surface area (Å²) in [5, 5.41) is 8.99. The third-order valence-corrected chi connectivity index (χ3v) is 2.71. The highest BCUT2D eigenvalue weighted by Crippen LogP contribution is 2.22. The molecule has 0 aliphatic heterocycles. The summed E-state index contributed by atoms with van der Waals surface area (Å²) in [4.78, 5) is 0. The molecule has 0 spiro atoms. The van der Waals surface area contributed by atoms with Crippen LogP contribution in [0.4, 0.5) is 0 Å². The average molecular weight is 215 g/mol. The molecule has 1 rings (SSSR count). The van der Waals surface area contributed by atoms with Gasteiger partial charge in [-0.1, -0.05) is 22.0 Å². The van der Waals surface area contributed by atoms with Gasteiger partial charge in [0.2, 0.25) is 0 Å². The fourth-order valence-corrected chi connectivity index (χ4v) is 1.59. The molecule has 0 aromatic heterocycles. The molecule has 0 saturated heterocycles. The van der Waals surface area contributed by atoms with E-state index in [0.29, 0.717) is 0 Å². The van der Waals surface area contributed by atoms with Crippen LogP contribution in [0.5, 0.6) is 0 Å². The van der Waals surface area contributed by atoms with Crippen LogP contribution in [0.25, 0.3) is 0 Å². The van der Waals surface area contributed by atoms with Crippen LogP contribution in [0.2, 0.25) is 0 Å². The predicted molar refractivity (Wildman–Crippen MR) is 49.5 cm³/mol. The Balaban J connectivity index is 3.29. The molecular formula is C9H11BrO. The predicted octanol–water partition coefficient (Wildman–Crippen LogP) is 2.56. The van der Waals surface area contributed by atoms with Crippen molar-refractivity contribution in [1.29, 1.82) is 0 Å². The summed E-state index contributed by atoms with van der Waals surface area (Å²) in [5.74, 6) is 0. The van der Waals surface area contributed by atoms with E-state index in [1.807, 2.05) is 26.0 Å². The second-order valence-electron chi connectivity index (χ2n) is 2.63. The van der Waals surface area contributed by atoms with Gasteiger partial charge in [-0.2, -0.15) is 0 Å². The van der Waals surface area contributed by atoms with Gasteiger partial charge in [0.25, 0.3) is 0 Å². The maximum atomic E-state index is 8.99. The van der Waals surface area contributed by atoms with Crippen molar-refractivity contribution in [2.45, 2.75) is 20.5 Å². The molecule has 0 radical (unpaired) electrons. The lowest BCUT2D eigenvalue weighted by Gasteiger charge is -2.07. The van der Waals surface area contributed by atoms with Crippen molar-refractivity contribution >= 4 is 15.9 Å². The summed E-state index contributed by atoms with van der Waals surface area (Å²) in [6, 6.07) is 4.01. The average Bonchev–Trinajstić information content (AvgIpc) is 1.99. The fraction of sp³-hybridized carbons (Fsp3) is 0.333. The van der Waals surface area contributed by atoms with E-state index < -0.39 is 0 Å². The second-order valence-corrected chi connectivity index (χ2v) is 3.48. The van der Waals surface area contributed by atoms with Crippen LogP contribution >= 0.6 is 15.9 Å². The Morgan fingerprint density at radius 3 is 2.45 bits per heavy atom. The van der Waals surface area contributed by atoms with Crippen molar-refractivity contribution in [3.8, 4) is 0 Å². The lowest BCUT2D eigenvalue weighted by Crippen LogP contribution is -1.92. The topological polar surface area (TPSA) is 20.2 Å². The van der Waals surface area contributed by atoms with Gasteiger partial charge in [-0.15, -0.1) is 0 Å². The van der Waals surface area contributed by atoms with E-state index in [1.54, 1.807) is 0 Å². The van der Waals surface area contributed by atoms with Gasteiger partial charge in [-0.25, -0.2) is 0 Å². The molecule has 0 heterocycles. The monoisotopic (exact) mass is 214 g/mol. The van der Waals surface area contributed by atoms with E-state index in [4.69, 9.17) is 5.11 Å². The van der Waals surface area contributed by atoms with Gasteiger partial charge in [0.1, 0.15) is 0 Å². The first kappa shape index (κ1) is 8.75. The summed E-state index contributed by atoms with van der Waals surface area (Å²) in [6.07, 6.45) is 0. The molecule has 1 aromatic rings. The first-order chi connectivity index (χ1) is 5.16. The number of benzene rings is 1. The first-order valence-corrected chi connectivity index (χ1v) is 4.31. The van der Waals surface area contributed by atoms with Crippen molar-refractivity contribution in [3.63, 3.8) is 0 Å². The lowest BCUT2D eigenvalue weighted by molar-refractivity contribution is 0.280. The highest BCUT2D eigenvalue weighted by Gasteiger charge is 2.03. The molecule has 0 aliphatic rings. The maximum absolute atomic E-state index is 8.99. The SMILES string of the molecule is Cc1ccc(Br)c(CO)c1C. The van der Waals surface area contributed by atoms with Crippen LogP contribution in [0, 0.1) is 13.8 Å². The van der Waals surface area contributed by atoms with Gasteiger partial charge in [0.15, 0.2) is 0 Å². The number of hydrogen-bond acceptors (Lipinski definition) is 1. The van der Waals surface area contributed by atoms with Gasteiger partial charge in [-0.05, 0) is 36.6 Å². The molecule has 0 atom stereocenters. The Morgan fingerprint density at radius 1 is 1.36 bits per heavy atom. The molecule has 0 bridgehead atoms. The van der Waals surface area contributed by atoms with E-state index in [1.165, 1.54) is 11.1 Å². The highest BCUT2D eigenvalue weighted by atomic mass is 79.9. The van der Waals surface area contributed by atoms with E-state index >= 15 is 0 Å². The minimum Gasteiger partial charge on any atom is -0.392 e. The number of rotatable bonds is 1. The number of aliphatic hydroxyl groups is 1. The number of aliphatic hydroxyl groups excluding tert-OH is 1. The summed E-state index contributed by atoms with van der Waals surface area (Å²) < 4.78 is 0.989. The van der Waals surface area contributed by atoms with Gasteiger partial charge in [0.05, 0.1) is 6.61 Å². The van der Waals surface area contributed by atoms with Crippen LogP contribution in [0.1, 0.15) is 16.7 Å². The third-order valence-electron chi connectivity index (χ3n) is 1.97. The summed E-state index contributed by atoms with van der Waals surface area (Å²) in [7, 11) is 0. The summed E-state index contributed by atoms with van der Waals surface area (Å²) in [6.45, 7) is 4.17. The standard InChI is InChI=1S/C9H11BrO/c1-6-3-4-9(10)8(5-11)7(6)2/h3-4,11H,5H2,1-2H3. The molecule has 0 fully saturated rings. The van der Waals surface area contributed by atoms with Gasteiger partial charge in [0, 0.05) is 4.47 Å². The number of hydrogen-bond donors (Lipinski definition) is 1. The van der Waals surface area contributed by atoms with E-state index in [9.17, 15) is 0 Å². The molecule has 0 aliphatic carbocycles. The molecule has 0 unspecified atom stereocenters. The number of aryl methyl sites for hydroxylation is 1. The lowest BCUT2D eigenvalue weighted by atomic mass is 10.0. The summed E-state index contributed by atoms with van der Waals surface area (Å²) in [5.41, 5.74) is 3.38. The van der Waals surface area contributed by atoms with Gasteiger partial charge >= 0.3 is 0 Å². The molecular weight excluding hydrogens is 204 g/mol. The molecule has 0 saturated carbocycles. The van der Waals surface area contributed by atoms with Crippen LogP contribution in [0.15, 0.2) is 16.6 Å². The minimum absolute atomic E-state index is 0.105. The Morgan fingerprint density at radius 2 is 2.00 bits per heavy atom. The van der Waals surface area contributed by atoms with Crippen LogP contribution in [-0.2, 0) is 6.61 Å². The third kappa shape index (κ3) is 1.63. The Hall–Kier alpha value is -0.340. The zero-order chi connectivity index (χ0) is 8.43. The molecule has 11 heavy (non-hydrogen) atoms. The zero-order valence-electron chi connectivity index (χ0n) is 6.69. The Labute approximate surface area is 75.2 Å². The highest BCUT2D eigenvalue weighted by molar-refractivity contribution is 9.10. The molecule has 60 valence electrons. The van der Waals surface area contributed by atoms with Crippen LogP contribution < -0.4 is 0 Å². The Kier molecular flexibility index (Phi) is 2.68. The van der Waals surface area contributed by atoms with Crippen LogP contribution in [0.3, 0.4) is 0 Å². The van der Waals surface area contributed by atoms with E-state index in [2.05, 4.69) is 15.9 Å². The van der Waals surface area contributed by atoms with Crippen LogP contribution in [-0.4, -0.2) is 5.11 Å². The Bertz CT molecular complexity index is 269. The van der Waals surface area contributed by atoms with E-state index in [0.717, 1.165) is 10.0 Å². The fourth-order valence-electron chi connectivity index (χ4n) is 1.03.